The molecule has 0 aliphatic rings. The molecule has 5 heteroatoms. The second-order valence-corrected chi connectivity index (χ2v) is 5.15. The fourth-order valence-corrected chi connectivity index (χ4v) is 2.41. The van der Waals surface area contributed by atoms with Crippen molar-refractivity contribution >= 4 is 26.9 Å². The molecule has 0 spiro atoms. The van der Waals surface area contributed by atoms with Crippen molar-refractivity contribution < 1.29 is 9.52 Å². The Morgan fingerprint density at radius 3 is 2.86 bits per heavy atom. The lowest BCUT2D eigenvalue weighted by atomic mass is 10.2. The van der Waals surface area contributed by atoms with E-state index in [1.54, 1.807) is 18.2 Å². The quantitative estimate of drug-likeness (QED) is 0.689. The van der Waals surface area contributed by atoms with E-state index in [2.05, 4.69) is 26.8 Å². The molecule has 3 aromatic rings. The van der Waals surface area contributed by atoms with Gasteiger partial charge in [-0.1, -0.05) is 6.07 Å². The summed E-state index contributed by atoms with van der Waals surface area (Å²) in [4.78, 5) is 16.3. The number of hydrogen-bond donors (Lipinski definition) is 1. The maximum absolute atomic E-state index is 12.1. The van der Waals surface area contributed by atoms with Crippen LogP contribution in [0.2, 0.25) is 0 Å². The van der Waals surface area contributed by atoms with Crippen LogP contribution in [0.25, 0.3) is 22.4 Å². The summed E-state index contributed by atoms with van der Waals surface area (Å²) < 4.78 is 6.42. The average molecular weight is 342 g/mol. The summed E-state index contributed by atoms with van der Waals surface area (Å²) in [6.07, 6.45) is 5.27. The van der Waals surface area contributed by atoms with Crippen LogP contribution in [0.5, 0.6) is 5.75 Å². The van der Waals surface area contributed by atoms with Gasteiger partial charge in [-0.05, 0) is 46.1 Å². The lowest BCUT2D eigenvalue weighted by Crippen LogP contribution is -2.01. The highest BCUT2D eigenvalue weighted by molar-refractivity contribution is 9.10. The minimum absolute atomic E-state index is 0.0921. The zero-order valence-electron chi connectivity index (χ0n) is 10.6. The molecule has 0 radical (unpaired) electrons. The monoisotopic (exact) mass is 341 g/mol. The van der Waals surface area contributed by atoms with Crippen LogP contribution in [0.1, 0.15) is 5.69 Å². The molecule has 0 aliphatic carbocycles. The standard InChI is InChI=1S/C16H8BrNO3/c1-2-11-13(19)7-6-12(18-11)15-8-14(20)9-4-3-5-10(17)16(9)21-15/h1,3-8,19H. The summed E-state index contributed by atoms with van der Waals surface area (Å²) in [7, 11) is 0. The first-order valence-corrected chi connectivity index (χ1v) is 6.79. The second kappa shape index (κ2) is 5.08. The van der Waals surface area contributed by atoms with Gasteiger partial charge in [0.25, 0.3) is 0 Å². The van der Waals surface area contributed by atoms with Crippen molar-refractivity contribution in [1.82, 2.24) is 4.98 Å². The number of para-hydroxylation sites is 1. The van der Waals surface area contributed by atoms with E-state index in [4.69, 9.17) is 10.8 Å². The second-order valence-electron chi connectivity index (χ2n) is 4.30. The molecule has 21 heavy (non-hydrogen) atoms. The van der Waals surface area contributed by atoms with Gasteiger partial charge in [0.05, 0.1) is 9.86 Å². The number of hydrogen-bond acceptors (Lipinski definition) is 4. The summed E-state index contributed by atoms with van der Waals surface area (Å²) in [6.45, 7) is 0. The third-order valence-electron chi connectivity index (χ3n) is 2.97. The predicted octanol–water partition coefficient (Wildman–Crippen LogP) is 3.30. The lowest BCUT2D eigenvalue weighted by Gasteiger charge is -2.05. The Bertz CT molecular complexity index is 954. The average Bonchev–Trinajstić information content (AvgIpc) is 2.48. The van der Waals surface area contributed by atoms with E-state index in [9.17, 15) is 9.90 Å². The van der Waals surface area contributed by atoms with Gasteiger partial charge in [-0.25, -0.2) is 4.98 Å². The van der Waals surface area contributed by atoms with E-state index >= 15 is 0 Å². The van der Waals surface area contributed by atoms with Crippen LogP contribution in [0.15, 0.2) is 50.1 Å². The molecule has 0 saturated carbocycles. The normalized spacial score (nSPS) is 10.5. The molecule has 3 rings (SSSR count). The van der Waals surface area contributed by atoms with Crippen molar-refractivity contribution in [1.29, 1.82) is 0 Å². The lowest BCUT2D eigenvalue weighted by molar-refractivity contribution is 0.470. The number of aromatic nitrogens is 1. The Morgan fingerprint density at radius 2 is 2.10 bits per heavy atom. The first-order valence-electron chi connectivity index (χ1n) is 5.99. The van der Waals surface area contributed by atoms with Crippen molar-refractivity contribution in [3.8, 4) is 29.5 Å². The number of terminal acetylenes is 1. The van der Waals surface area contributed by atoms with Gasteiger partial charge in [-0.2, -0.15) is 0 Å². The molecule has 0 atom stereocenters. The molecule has 102 valence electrons. The molecule has 1 N–H and O–H groups in total. The highest BCUT2D eigenvalue weighted by Gasteiger charge is 2.11. The largest absolute Gasteiger partial charge is 0.505 e. The number of aromatic hydroxyl groups is 1. The first kappa shape index (κ1) is 13.4. The number of nitrogens with zero attached hydrogens (tertiary/aromatic N) is 1. The molecule has 4 nitrogen and oxygen atoms in total. The number of halogens is 1. The molecule has 2 heterocycles. The third-order valence-corrected chi connectivity index (χ3v) is 3.59. The number of pyridine rings is 1. The van der Waals surface area contributed by atoms with Gasteiger partial charge in [0.2, 0.25) is 0 Å². The third kappa shape index (κ3) is 2.30. The SMILES string of the molecule is C#Cc1nc(-c2cc(=O)c3cccc(Br)c3o2)ccc1O. The van der Waals surface area contributed by atoms with E-state index in [0.717, 1.165) is 0 Å². The fourth-order valence-electron chi connectivity index (χ4n) is 1.96. The topological polar surface area (TPSA) is 63.3 Å². The van der Waals surface area contributed by atoms with Gasteiger partial charge >= 0.3 is 0 Å². The number of fused-ring (bicyclic) bond motifs is 1. The van der Waals surface area contributed by atoms with Crippen molar-refractivity contribution in [2.45, 2.75) is 0 Å². The zero-order valence-corrected chi connectivity index (χ0v) is 12.2. The van der Waals surface area contributed by atoms with Crippen LogP contribution >= 0.6 is 15.9 Å². The van der Waals surface area contributed by atoms with E-state index in [1.165, 1.54) is 18.2 Å². The van der Waals surface area contributed by atoms with Crippen LogP contribution in [0.4, 0.5) is 0 Å². The van der Waals surface area contributed by atoms with Gasteiger partial charge in [0, 0.05) is 6.07 Å². The molecular formula is C16H8BrNO3. The molecule has 0 saturated heterocycles. The van der Waals surface area contributed by atoms with E-state index in [1.807, 2.05) is 0 Å². The highest BCUT2D eigenvalue weighted by Crippen LogP contribution is 2.27. The fraction of sp³-hybridized carbons (Fsp3) is 0. The van der Waals surface area contributed by atoms with Crippen molar-refractivity contribution in [2.24, 2.45) is 0 Å². The summed E-state index contributed by atoms with van der Waals surface area (Å²) in [5, 5.41) is 10.0. The maximum atomic E-state index is 12.1. The molecule has 0 aliphatic heterocycles. The van der Waals surface area contributed by atoms with Gasteiger partial charge in [0.15, 0.2) is 22.5 Å². The number of benzene rings is 1. The molecule has 0 fully saturated rings. The van der Waals surface area contributed by atoms with E-state index in [-0.39, 0.29) is 22.6 Å². The Kier molecular flexibility index (Phi) is 3.24. The molecule has 2 aromatic heterocycles. The Morgan fingerprint density at radius 1 is 1.29 bits per heavy atom. The molecule has 1 aromatic carbocycles. The Labute approximate surface area is 128 Å². The van der Waals surface area contributed by atoms with Crippen LogP contribution in [-0.2, 0) is 0 Å². The van der Waals surface area contributed by atoms with Crippen molar-refractivity contribution in [3.05, 3.63) is 56.8 Å². The smallest absolute Gasteiger partial charge is 0.193 e. The maximum Gasteiger partial charge on any atom is 0.193 e. The van der Waals surface area contributed by atoms with Crippen molar-refractivity contribution in [3.63, 3.8) is 0 Å². The van der Waals surface area contributed by atoms with E-state index in [0.29, 0.717) is 21.1 Å². The van der Waals surface area contributed by atoms with Crippen LogP contribution in [0, 0.1) is 12.3 Å². The summed E-state index contributed by atoms with van der Waals surface area (Å²) in [6, 6.07) is 9.55. The van der Waals surface area contributed by atoms with Gasteiger partial charge < -0.3 is 9.52 Å². The summed E-state index contributed by atoms with van der Waals surface area (Å²) in [5.41, 5.74) is 0.750. The molecule has 0 unspecified atom stereocenters. The summed E-state index contributed by atoms with van der Waals surface area (Å²) in [5.74, 6) is 2.47. The highest BCUT2D eigenvalue weighted by atomic mass is 79.9. The van der Waals surface area contributed by atoms with Crippen molar-refractivity contribution in [2.75, 3.05) is 0 Å². The van der Waals surface area contributed by atoms with Gasteiger partial charge in [-0.15, -0.1) is 6.42 Å². The first-order chi connectivity index (χ1) is 10.1. The minimum Gasteiger partial charge on any atom is -0.505 e. The van der Waals surface area contributed by atoms with Crippen LogP contribution in [0.3, 0.4) is 0 Å². The van der Waals surface area contributed by atoms with Gasteiger partial charge in [-0.3, -0.25) is 4.79 Å². The van der Waals surface area contributed by atoms with Crippen LogP contribution in [-0.4, -0.2) is 10.1 Å². The molecular weight excluding hydrogens is 334 g/mol. The molecule has 0 amide bonds. The minimum atomic E-state index is -0.176. The zero-order chi connectivity index (χ0) is 15.0. The predicted molar refractivity (Wildman–Crippen MR) is 83.0 cm³/mol. The summed E-state index contributed by atoms with van der Waals surface area (Å²) >= 11 is 3.35. The Hall–Kier alpha value is -2.58. The van der Waals surface area contributed by atoms with Crippen LogP contribution < -0.4 is 5.43 Å². The van der Waals surface area contributed by atoms with E-state index < -0.39 is 0 Å². The van der Waals surface area contributed by atoms with Gasteiger partial charge in [0.1, 0.15) is 11.4 Å². The number of rotatable bonds is 1. The Balaban J connectivity index is 2.29. The molecule has 0 bridgehead atoms.